The average Bonchev–Trinajstić information content (AvgIpc) is 2.42. The van der Waals surface area contributed by atoms with Gasteiger partial charge in [-0.25, -0.2) is 8.78 Å². The van der Waals surface area contributed by atoms with E-state index < -0.39 is 11.6 Å². The number of alkyl halides is 1. The summed E-state index contributed by atoms with van der Waals surface area (Å²) in [6, 6.07) is 6.29. The Balaban J connectivity index is 2.34. The molecule has 0 aliphatic heterocycles. The number of pyridine rings is 1. The summed E-state index contributed by atoms with van der Waals surface area (Å²) in [5.41, 5.74) is 1.98. The highest BCUT2D eigenvalue weighted by Gasteiger charge is 2.22. The minimum absolute atomic E-state index is 0.0577. The zero-order valence-electron chi connectivity index (χ0n) is 10.7. The molecule has 0 N–H and O–H groups in total. The predicted octanol–water partition coefficient (Wildman–Crippen LogP) is 4.91. The van der Waals surface area contributed by atoms with Crippen LogP contribution < -0.4 is 0 Å². The third-order valence-electron chi connectivity index (χ3n) is 3.25. The lowest BCUT2D eigenvalue weighted by molar-refractivity contribution is 0.559. The Kier molecular flexibility index (Phi) is 4.30. The molecular formula is C15H14BrF2N. The van der Waals surface area contributed by atoms with Gasteiger partial charge in [-0.3, -0.25) is 4.98 Å². The van der Waals surface area contributed by atoms with Gasteiger partial charge in [0.05, 0.1) is 0 Å². The van der Waals surface area contributed by atoms with E-state index in [4.69, 9.17) is 0 Å². The fraction of sp³-hybridized carbons (Fsp3) is 0.267. The zero-order chi connectivity index (χ0) is 14.0. The van der Waals surface area contributed by atoms with Crippen molar-refractivity contribution in [2.45, 2.75) is 24.6 Å². The predicted molar refractivity (Wildman–Crippen MR) is 75.4 cm³/mol. The Hall–Kier alpha value is -1.29. The summed E-state index contributed by atoms with van der Waals surface area (Å²) in [5, 5.41) is 0. The second kappa shape index (κ2) is 5.78. The quantitative estimate of drug-likeness (QED) is 0.731. The maximum absolute atomic E-state index is 13.9. The van der Waals surface area contributed by atoms with Crippen molar-refractivity contribution in [1.29, 1.82) is 0 Å². The molecule has 0 aliphatic rings. The fourth-order valence-electron chi connectivity index (χ4n) is 2.00. The van der Waals surface area contributed by atoms with Crippen LogP contribution in [0, 0.1) is 18.6 Å². The average molecular weight is 326 g/mol. The van der Waals surface area contributed by atoms with Gasteiger partial charge in [-0.15, -0.1) is 0 Å². The van der Waals surface area contributed by atoms with Crippen molar-refractivity contribution in [1.82, 2.24) is 4.98 Å². The highest BCUT2D eigenvalue weighted by atomic mass is 79.9. The Morgan fingerprint density at radius 3 is 2.37 bits per heavy atom. The molecule has 0 radical (unpaired) electrons. The molecule has 1 heterocycles. The van der Waals surface area contributed by atoms with E-state index in [0.29, 0.717) is 11.1 Å². The molecule has 1 aromatic carbocycles. The van der Waals surface area contributed by atoms with E-state index in [1.807, 2.05) is 19.1 Å². The summed E-state index contributed by atoms with van der Waals surface area (Å²) >= 11 is 3.51. The SMILES string of the molecule is Cc1cc(C(Br)C(C)c2ccncc2)c(F)cc1F. The van der Waals surface area contributed by atoms with Crippen molar-refractivity contribution in [3.63, 3.8) is 0 Å². The Bertz CT molecular complexity index is 572. The molecule has 4 heteroatoms. The van der Waals surface area contributed by atoms with Crippen molar-refractivity contribution in [3.8, 4) is 0 Å². The number of hydrogen-bond acceptors (Lipinski definition) is 1. The molecule has 2 aromatic rings. The summed E-state index contributed by atoms with van der Waals surface area (Å²) in [6.07, 6.45) is 3.41. The van der Waals surface area contributed by atoms with Gasteiger partial charge in [-0.2, -0.15) is 0 Å². The molecule has 2 unspecified atom stereocenters. The van der Waals surface area contributed by atoms with Crippen molar-refractivity contribution in [2.24, 2.45) is 0 Å². The van der Waals surface area contributed by atoms with Gasteiger partial charge in [0, 0.05) is 28.9 Å². The number of nitrogens with zero attached hydrogens (tertiary/aromatic N) is 1. The summed E-state index contributed by atoms with van der Waals surface area (Å²) in [4.78, 5) is 3.75. The van der Waals surface area contributed by atoms with E-state index in [-0.39, 0.29) is 10.7 Å². The summed E-state index contributed by atoms with van der Waals surface area (Å²) < 4.78 is 27.2. The third kappa shape index (κ3) is 3.00. The first kappa shape index (κ1) is 14.1. The van der Waals surface area contributed by atoms with Crippen molar-refractivity contribution < 1.29 is 8.78 Å². The molecular weight excluding hydrogens is 312 g/mol. The standard InChI is InChI=1S/C15H14BrF2N/c1-9-7-12(14(18)8-13(9)17)15(16)10(2)11-3-5-19-6-4-11/h3-8,10,15H,1-2H3. The molecule has 0 aliphatic carbocycles. The largest absolute Gasteiger partial charge is 0.265 e. The molecule has 2 atom stereocenters. The molecule has 0 saturated heterocycles. The number of hydrogen-bond donors (Lipinski definition) is 0. The molecule has 100 valence electrons. The van der Waals surface area contributed by atoms with Crippen molar-refractivity contribution in [2.75, 3.05) is 0 Å². The summed E-state index contributed by atoms with van der Waals surface area (Å²) in [5.74, 6) is -0.981. The lowest BCUT2D eigenvalue weighted by Gasteiger charge is -2.20. The van der Waals surface area contributed by atoms with Crippen LogP contribution in [0.4, 0.5) is 8.78 Å². The second-order valence-corrected chi connectivity index (χ2v) is 5.58. The Morgan fingerprint density at radius 2 is 1.74 bits per heavy atom. The van der Waals surface area contributed by atoms with Gasteiger partial charge in [-0.05, 0) is 42.2 Å². The number of aryl methyl sites for hydroxylation is 1. The Morgan fingerprint density at radius 1 is 1.11 bits per heavy atom. The summed E-state index contributed by atoms with van der Waals surface area (Å²) in [7, 11) is 0. The molecule has 0 fully saturated rings. The zero-order valence-corrected chi connectivity index (χ0v) is 12.3. The smallest absolute Gasteiger partial charge is 0.130 e. The van der Waals surface area contributed by atoms with Crippen LogP contribution in [0.15, 0.2) is 36.7 Å². The van der Waals surface area contributed by atoms with Gasteiger partial charge in [-0.1, -0.05) is 22.9 Å². The van der Waals surface area contributed by atoms with Crippen LogP contribution in [0.2, 0.25) is 0 Å². The molecule has 1 nitrogen and oxygen atoms in total. The van der Waals surface area contributed by atoms with Gasteiger partial charge in [0.25, 0.3) is 0 Å². The monoisotopic (exact) mass is 325 g/mol. The normalized spacial score (nSPS) is 14.2. The molecule has 0 saturated carbocycles. The number of rotatable bonds is 3. The topological polar surface area (TPSA) is 12.9 Å². The van der Waals surface area contributed by atoms with Crippen LogP contribution in [0.3, 0.4) is 0 Å². The first-order chi connectivity index (χ1) is 9.00. The summed E-state index contributed by atoms with van der Waals surface area (Å²) in [6.45, 7) is 3.63. The van der Waals surface area contributed by atoms with Crippen LogP contribution >= 0.6 is 15.9 Å². The highest BCUT2D eigenvalue weighted by molar-refractivity contribution is 9.09. The number of benzene rings is 1. The maximum atomic E-state index is 13.9. The van der Waals surface area contributed by atoms with Gasteiger partial charge >= 0.3 is 0 Å². The van der Waals surface area contributed by atoms with Crippen LogP contribution in [-0.2, 0) is 0 Å². The second-order valence-electron chi connectivity index (χ2n) is 4.59. The molecule has 0 bridgehead atoms. The van der Waals surface area contributed by atoms with Gasteiger partial charge in [0.1, 0.15) is 11.6 Å². The van der Waals surface area contributed by atoms with Crippen LogP contribution in [0.5, 0.6) is 0 Å². The van der Waals surface area contributed by atoms with E-state index in [2.05, 4.69) is 20.9 Å². The highest BCUT2D eigenvalue weighted by Crippen LogP contribution is 2.39. The van der Waals surface area contributed by atoms with E-state index in [1.165, 1.54) is 0 Å². The van der Waals surface area contributed by atoms with Gasteiger partial charge in [0.15, 0.2) is 0 Å². The minimum atomic E-state index is -0.522. The van der Waals surface area contributed by atoms with E-state index >= 15 is 0 Å². The Labute approximate surface area is 119 Å². The van der Waals surface area contributed by atoms with Crippen molar-refractivity contribution >= 4 is 15.9 Å². The minimum Gasteiger partial charge on any atom is -0.265 e. The molecule has 0 spiro atoms. The van der Waals surface area contributed by atoms with Crippen LogP contribution in [0.25, 0.3) is 0 Å². The van der Waals surface area contributed by atoms with E-state index in [1.54, 1.807) is 25.4 Å². The van der Waals surface area contributed by atoms with Gasteiger partial charge < -0.3 is 0 Å². The lowest BCUT2D eigenvalue weighted by atomic mass is 9.93. The number of aromatic nitrogens is 1. The fourth-order valence-corrected chi connectivity index (χ4v) is 2.65. The number of halogens is 3. The third-order valence-corrected chi connectivity index (χ3v) is 4.53. The van der Waals surface area contributed by atoms with E-state index in [0.717, 1.165) is 11.6 Å². The molecule has 2 rings (SSSR count). The first-order valence-electron chi connectivity index (χ1n) is 6.00. The molecule has 0 amide bonds. The molecule has 1 aromatic heterocycles. The first-order valence-corrected chi connectivity index (χ1v) is 6.92. The lowest BCUT2D eigenvalue weighted by Crippen LogP contribution is -2.05. The van der Waals surface area contributed by atoms with E-state index in [9.17, 15) is 8.78 Å². The van der Waals surface area contributed by atoms with Crippen LogP contribution in [0.1, 0.15) is 34.4 Å². The van der Waals surface area contributed by atoms with Gasteiger partial charge in [0.2, 0.25) is 0 Å². The van der Waals surface area contributed by atoms with Crippen molar-refractivity contribution in [3.05, 3.63) is 65.0 Å². The molecule has 19 heavy (non-hydrogen) atoms. The maximum Gasteiger partial charge on any atom is 0.130 e. The van der Waals surface area contributed by atoms with Crippen LogP contribution in [-0.4, -0.2) is 4.98 Å².